The van der Waals surface area contributed by atoms with Gasteiger partial charge in [-0.05, 0) is 81.3 Å². The van der Waals surface area contributed by atoms with Crippen LogP contribution in [-0.2, 0) is 40.3 Å². The van der Waals surface area contributed by atoms with Crippen molar-refractivity contribution in [2.24, 2.45) is 17.3 Å². The largest absolute Gasteiger partial charge is 0.496 e. The van der Waals surface area contributed by atoms with Gasteiger partial charge in [-0.15, -0.1) is 6.58 Å². The summed E-state index contributed by atoms with van der Waals surface area (Å²) in [5.74, 6) is -1.68. The lowest BCUT2D eigenvalue weighted by Crippen LogP contribution is -2.59. The molecule has 3 heterocycles. The van der Waals surface area contributed by atoms with Gasteiger partial charge in [0, 0.05) is 36.9 Å². The summed E-state index contributed by atoms with van der Waals surface area (Å²) in [6.45, 7) is 9.69. The predicted molar refractivity (Wildman–Crippen MR) is 229 cm³/mol. The number of methoxy groups -OCH3 is 1. The standard InChI is InChI=1S/C44H60N6O11S/c1-7-28-23-44(28,40(53)48-62(56,57)30-16-17-30)47-38(51)33-20-29-24-50(33)39(52)37(26-13-10-9-11-14-26)46-41(54)60-25-43(3,4)18-12-15-27-19-31-32(21-34(27)58-6)45-36(22-35(31)61-29)49(5)42(55)59-8-2/h7,19,21-22,26,28-30,33,37H,1,8-18,20,23-25H2,2-6H3,(H,46,54)(H,47,51)(H,48,53)/t28-,29+,33-,37-,44?/m0/s1. The SMILES string of the molecule is C=C[C@H]1CC1(NC(=O)[C@@H]1C[C@@H]2CN1C(=O)[C@H](C1CCCCC1)NC(=O)OCC(C)(C)CCCc1cc3c(cc(N(C)C(=O)OCC)nc3cc1OC)O2)C(=O)NS(=O)(=O)C1CC1. The first kappa shape index (κ1) is 44.9. The number of aryl methyl sites for hydroxylation is 1. The number of cyclic esters (lactones) is 1. The Kier molecular flexibility index (Phi) is 13.0. The summed E-state index contributed by atoms with van der Waals surface area (Å²) in [5, 5.41) is 5.68. The number of alkyl carbamates (subject to hydrolysis) is 1. The summed E-state index contributed by atoms with van der Waals surface area (Å²) in [6, 6.07) is 3.12. The highest BCUT2D eigenvalue weighted by Gasteiger charge is 2.62. The van der Waals surface area contributed by atoms with E-state index in [1.807, 2.05) is 19.9 Å². The van der Waals surface area contributed by atoms with E-state index < -0.39 is 80.2 Å². The van der Waals surface area contributed by atoms with Gasteiger partial charge in [-0.2, -0.15) is 0 Å². The van der Waals surface area contributed by atoms with E-state index in [2.05, 4.69) is 21.9 Å². The molecule has 17 nitrogen and oxygen atoms in total. The number of ether oxygens (including phenoxy) is 4. The number of aromatic nitrogens is 1. The first-order chi connectivity index (χ1) is 29.5. The van der Waals surface area contributed by atoms with Crippen LogP contribution in [0, 0.1) is 17.3 Å². The number of carbonyl (C=O) groups excluding carboxylic acids is 5. The summed E-state index contributed by atoms with van der Waals surface area (Å²) in [7, 11) is -0.842. The minimum atomic E-state index is -3.94. The molecule has 2 aliphatic heterocycles. The summed E-state index contributed by atoms with van der Waals surface area (Å²) in [6.07, 6.45) is 6.42. The van der Waals surface area contributed by atoms with Crippen LogP contribution in [-0.4, -0.2) is 111 Å². The Hall–Kier alpha value is -5.13. The highest BCUT2D eigenvalue weighted by Crippen LogP contribution is 2.46. The number of carbonyl (C=O) groups is 5. The number of fused-ring (bicyclic) bond motifs is 3. The summed E-state index contributed by atoms with van der Waals surface area (Å²) >= 11 is 0. The Morgan fingerprint density at radius 3 is 2.50 bits per heavy atom. The summed E-state index contributed by atoms with van der Waals surface area (Å²) in [5.41, 5.74) is -0.673. The quantitative estimate of drug-likeness (QED) is 0.273. The maximum absolute atomic E-state index is 15.0. The molecule has 3 aliphatic carbocycles. The molecule has 1 saturated heterocycles. The van der Waals surface area contributed by atoms with Gasteiger partial charge in [-0.1, -0.05) is 39.2 Å². The molecule has 5 atom stereocenters. The fraction of sp³-hybridized carbons (Fsp3) is 0.636. The van der Waals surface area contributed by atoms with Gasteiger partial charge in [0.2, 0.25) is 21.8 Å². The molecular formula is C44H60N6O11S. The van der Waals surface area contributed by atoms with Crippen molar-refractivity contribution in [1.29, 1.82) is 0 Å². The number of amides is 5. The fourth-order valence-electron chi connectivity index (χ4n) is 9.08. The third-order valence-corrected chi connectivity index (χ3v) is 14.8. The second-order valence-corrected chi connectivity index (χ2v) is 20.2. The van der Waals surface area contributed by atoms with Crippen molar-refractivity contribution in [2.75, 3.05) is 38.8 Å². The van der Waals surface area contributed by atoms with Gasteiger partial charge in [0.05, 0.1) is 37.6 Å². The first-order valence-electron chi connectivity index (χ1n) is 21.8. The highest BCUT2D eigenvalue weighted by atomic mass is 32.2. The Labute approximate surface area is 363 Å². The Balaban J connectivity index is 1.29. The van der Waals surface area contributed by atoms with E-state index in [-0.39, 0.29) is 44.3 Å². The number of sulfonamides is 1. The number of hydrogen-bond donors (Lipinski definition) is 3. The van der Waals surface area contributed by atoms with Gasteiger partial charge >= 0.3 is 12.2 Å². The van der Waals surface area contributed by atoms with Gasteiger partial charge in [0.25, 0.3) is 5.91 Å². The number of hydrogen-bond acceptors (Lipinski definition) is 12. The Bertz CT molecular complexity index is 2210. The summed E-state index contributed by atoms with van der Waals surface area (Å²) in [4.78, 5) is 77.4. The molecule has 3 saturated carbocycles. The van der Waals surface area contributed by atoms with Crippen LogP contribution in [0.2, 0.25) is 0 Å². The molecule has 4 bridgehead atoms. The zero-order chi connectivity index (χ0) is 44.6. The van der Waals surface area contributed by atoms with Crippen LogP contribution in [0.5, 0.6) is 11.5 Å². The molecule has 5 aliphatic rings. The Morgan fingerprint density at radius 1 is 1.10 bits per heavy atom. The lowest BCUT2D eigenvalue weighted by Gasteiger charge is -2.35. The van der Waals surface area contributed by atoms with Crippen LogP contribution in [0.3, 0.4) is 0 Å². The van der Waals surface area contributed by atoms with Gasteiger partial charge in [-0.3, -0.25) is 24.0 Å². The maximum Gasteiger partial charge on any atom is 0.415 e. The van der Waals surface area contributed by atoms with E-state index in [1.54, 1.807) is 26.2 Å². The van der Waals surface area contributed by atoms with E-state index in [1.165, 1.54) is 22.9 Å². The van der Waals surface area contributed by atoms with Gasteiger partial charge < -0.3 is 34.5 Å². The van der Waals surface area contributed by atoms with Crippen LogP contribution in [0.4, 0.5) is 15.4 Å². The van der Waals surface area contributed by atoms with Crippen molar-refractivity contribution in [3.05, 3.63) is 36.4 Å². The minimum Gasteiger partial charge on any atom is -0.496 e. The van der Waals surface area contributed by atoms with E-state index in [9.17, 15) is 27.6 Å². The molecule has 62 heavy (non-hydrogen) atoms. The average Bonchev–Trinajstić information content (AvgIpc) is 4.18. The molecule has 2 aromatic rings. The van der Waals surface area contributed by atoms with Crippen LogP contribution in [0.25, 0.3) is 10.9 Å². The van der Waals surface area contributed by atoms with Gasteiger partial charge in [0.15, 0.2) is 0 Å². The molecule has 7 rings (SSSR count). The number of rotatable bonds is 10. The van der Waals surface area contributed by atoms with E-state index in [0.29, 0.717) is 60.9 Å². The molecule has 5 amide bonds. The zero-order valence-electron chi connectivity index (χ0n) is 36.3. The highest BCUT2D eigenvalue weighted by molar-refractivity contribution is 7.91. The molecule has 338 valence electrons. The zero-order valence-corrected chi connectivity index (χ0v) is 37.1. The average molecular weight is 881 g/mol. The number of nitrogens with zero attached hydrogens (tertiary/aromatic N) is 3. The monoisotopic (exact) mass is 880 g/mol. The summed E-state index contributed by atoms with van der Waals surface area (Å²) < 4.78 is 51.6. The smallest absolute Gasteiger partial charge is 0.415 e. The molecule has 1 aromatic carbocycles. The van der Waals surface area contributed by atoms with Gasteiger partial charge in [-0.25, -0.2) is 23.0 Å². The topological polar surface area (TPSA) is 212 Å². The van der Waals surface area contributed by atoms with Gasteiger partial charge in [0.1, 0.15) is 41.0 Å². The number of benzene rings is 1. The van der Waals surface area contributed by atoms with Crippen LogP contribution in [0.15, 0.2) is 30.9 Å². The lowest BCUT2D eigenvalue weighted by molar-refractivity contribution is -0.142. The minimum absolute atomic E-state index is 0.0275. The predicted octanol–water partition coefficient (Wildman–Crippen LogP) is 4.89. The number of pyridine rings is 1. The third kappa shape index (κ3) is 9.59. The van der Waals surface area contributed by atoms with Crippen molar-refractivity contribution < 1.29 is 51.3 Å². The molecule has 1 aromatic heterocycles. The van der Waals surface area contributed by atoms with Crippen LogP contribution >= 0.6 is 0 Å². The van der Waals surface area contributed by atoms with Crippen LogP contribution in [0.1, 0.15) is 97.0 Å². The molecular weight excluding hydrogens is 821 g/mol. The van der Waals surface area contributed by atoms with Crippen molar-refractivity contribution in [3.63, 3.8) is 0 Å². The van der Waals surface area contributed by atoms with Crippen molar-refractivity contribution in [3.8, 4) is 11.5 Å². The lowest BCUT2D eigenvalue weighted by atomic mass is 9.83. The molecule has 18 heteroatoms. The second-order valence-electron chi connectivity index (χ2n) is 18.2. The van der Waals surface area contributed by atoms with Crippen molar-refractivity contribution in [1.82, 2.24) is 25.2 Å². The molecule has 1 unspecified atom stereocenters. The van der Waals surface area contributed by atoms with E-state index in [0.717, 1.165) is 31.2 Å². The molecule has 0 spiro atoms. The van der Waals surface area contributed by atoms with E-state index in [4.69, 9.17) is 23.9 Å². The fourth-order valence-corrected chi connectivity index (χ4v) is 10.4. The van der Waals surface area contributed by atoms with Crippen molar-refractivity contribution in [2.45, 2.75) is 127 Å². The maximum atomic E-state index is 15.0. The Morgan fingerprint density at radius 2 is 1.84 bits per heavy atom. The second kappa shape index (κ2) is 17.9. The number of anilines is 1. The van der Waals surface area contributed by atoms with Crippen molar-refractivity contribution >= 4 is 56.7 Å². The first-order valence-corrected chi connectivity index (χ1v) is 23.4. The molecule has 0 radical (unpaired) electrons. The van der Waals surface area contributed by atoms with Crippen LogP contribution < -0.4 is 29.7 Å². The molecule has 4 fully saturated rings. The number of nitrogens with one attached hydrogen (secondary N) is 3. The molecule has 3 N–H and O–H groups in total. The third-order valence-electron chi connectivity index (χ3n) is 13.0. The van der Waals surface area contributed by atoms with E-state index >= 15 is 4.79 Å². The normalized spacial score (nSPS) is 26.8.